The zero-order chi connectivity index (χ0) is 17.6. The van der Waals surface area contributed by atoms with Crippen molar-refractivity contribution in [3.05, 3.63) is 0 Å². The van der Waals surface area contributed by atoms with Crippen LogP contribution in [0, 0.1) is 53.3 Å². The molecule has 0 heterocycles. The van der Waals surface area contributed by atoms with Crippen molar-refractivity contribution < 1.29 is 0 Å². The maximum Gasteiger partial charge on any atom is -0.0386 e. The normalized spacial score (nSPS) is 23.5. The van der Waals surface area contributed by atoms with Crippen LogP contribution in [0.5, 0.6) is 0 Å². The van der Waals surface area contributed by atoms with Crippen molar-refractivity contribution in [2.24, 2.45) is 53.3 Å². The summed E-state index contributed by atoms with van der Waals surface area (Å²) in [7, 11) is 0. The van der Waals surface area contributed by atoms with Crippen LogP contribution in [-0.4, -0.2) is 0 Å². The van der Waals surface area contributed by atoms with Crippen LogP contribution in [0.25, 0.3) is 0 Å². The summed E-state index contributed by atoms with van der Waals surface area (Å²) in [6.07, 6.45) is 2.70. The molecule has 0 aromatic rings. The van der Waals surface area contributed by atoms with Gasteiger partial charge in [0, 0.05) is 0 Å². The molecule has 0 aromatic carbocycles. The largest absolute Gasteiger partial charge is 0.0651 e. The second-order valence-corrected chi connectivity index (χ2v) is 9.12. The highest BCUT2D eigenvalue weighted by atomic mass is 14.3. The van der Waals surface area contributed by atoms with E-state index in [-0.39, 0.29) is 0 Å². The topological polar surface area (TPSA) is 0 Å². The highest BCUT2D eigenvalue weighted by Gasteiger charge is 2.29. The fraction of sp³-hybridized carbons (Fsp3) is 1.00. The lowest BCUT2D eigenvalue weighted by Crippen LogP contribution is -2.28. The van der Waals surface area contributed by atoms with Gasteiger partial charge in [0.25, 0.3) is 0 Å². The van der Waals surface area contributed by atoms with Gasteiger partial charge in [0.1, 0.15) is 0 Å². The minimum absolute atomic E-state index is 0.798. The molecule has 0 amide bonds. The van der Waals surface area contributed by atoms with E-state index in [1.807, 2.05) is 0 Å². The molecule has 134 valence electrons. The average molecular weight is 311 g/mol. The lowest BCUT2D eigenvalue weighted by atomic mass is 9.69. The molecule has 0 aliphatic heterocycles. The van der Waals surface area contributed by atoms with Crippen LogP contribution in [0.15, 0.2) is 0 Å². The smallest absolute Gasteiger partial charge is 0.0386 e. The summed E-state index contributed by atoms with van der Waals surface area (Å²) in [5.41, 5.74) is 0. The zero-order valence-electron chi connectivity index (χ0n) is 17.6. The molecule has 0 aliphatic carbocycles. The van der Waals surface area contributed by atoms with Crippen molar-refractivity contribution in [1.29, 1.82) is 0 Å². The van der Waals surface area contributed by atoms with E-state index in [2.05, 4.69) is 76.2 Å². The predicted octanol–water partition coefficient (Wildman–Crippen LogP) is 7.53. The van der Waals surface area contributed by atoms with Gasteiger partial charge in [-0.25, -0.2) is 0 Å². The van der Waals surface area contributed by atoms with E-state index < -0.39 is 0 Å². The molecule has 0 saturated carbocycles. The van der Waals surface area contributed by atoms with Gasteiger partial charge in [-0.2, -0.15) is 0 Å². The maximum absolute atomic E-state index is 2.49. The maximum atomic E-state index is 2.49. The van der Waals surface area contributed by atoms with Crippen LogP contribution in [0.4, 0.5) is 0 Å². The van der Waals surface area contributed by atoms with E-state index >= 15 is 0 Å². The Balaban J connectivity index is 4.60. The highest BCUT2D eigenvalue weighted by Crippen LogP contribution is 2.37. The molecule has 22 heavy (non-hydrogen) atoms. The summed E-state index contributed by atoms with van der Waals surface area (Å²) in [6.45, 7) is 26.8. The first-order chi connectivity index (χ1) is 10.0. The molecule has 0 aromatic heterocycles. The van der Waals surface area contributed by atoms with E-state index in [1.165, 1.54) is 12.8 Å². The monoisotopic (exact) mass is 310 g/mol. The molecule has 0 N–H and O–H groups in total. The van der Waals surface area contributed by atoms with Crippen LogP contribution in [0.1, 0.15) is 89.0 Å². The van der Waals surface area contributed by atoms with E-state index in [9.17, 15) is 0 Å². The van der Waals surface area contributed by atoms with Gasteiger partial charge < -0.3 is 0 Å². The summed E-state index contributed by atoms with van der Waals surface area (Å²) in [5.74, 6) is 7.47. The van der Waals surface area contributed by atoms with Crippen LogP contribution in [-0.2, 0) is 0 Å². The minimum Gasteiger partial charge on any atom is -0.0651 e. The Morgan fingerprint density at radius 2 is 0.818 bits per heavy atom. The Bertz CT molecular complexity index is 280. The predicted molar refractivity (Wildman–Crippen MR) is 103 cm³/mol. The number of hydrogen-bond acceptors (Lipinski definition) is 0. The fourth-order valence-electron chi connectivity index (χ4n) is 4.03. The first-order valence-corrected chi connectivity index (χ1v) is 10.0. The lowest BCUT2D eigenvalue weighted by Gasteiger charge is -2.36. The molecule has 0 heteroatoms. The lowest BCUT2D eigenvalue weighted by molar-refractivity contribution is 0.132. The quantitative estimate of drug-likeness (QED) is 0.391. The van der Waals surface area contributed by atoms with E-state index in [0.717, 1.165) is 53.3 Å². The highest BCUT2D eigenvalue weighted by molar-refractivity contribution is 4.78. The van der Waals surface area contributed by atoms with Gasteiger partial charge in [-0.15, -0.1) is 0 Å². The minimum atomic E-state index is 0.798. The van der Waals surface area contributed by atoms with Crippen molar-refractivity contribution >= 4 is 0 Å². The van der Waals surface area contributed by atoms with Crippen LogP contribution in [0.3, 0.4) is 0 Å². The second kappa shape index (κ2) is 9.99. The molecular weight excluding hydrogens is 264 g/mol. The SMILES string of the molecule is CCC(C)C(C)C(C)C(C)CC(C)C(C)C(C)C(C)C(C)C. The first kappa shape index (κ1) is 22.0. The van der Waals surface area contributed by atoms with E-state index in [0.29, 0.717) is 0 Å². The van der Waals surface area contributed by atoms with Crippen molar-refractivity contribution in [3.8, 4) is 0 Å². The molecular formula is C22H46. The Morgan fingerprint density at radius 1 is 0.455 bits per heavy atom. The standard InChI is InChI=1S/C22H46/c1-12-15(4)19(8)20(9)16(5)13-17(6)21(10)22(11)18(7)14(2)3/h14-22H,12-13H2,1-11H3. The molecule has 0 radical (unpaired) electrons. The van der Waals surface area contributed by atoms with Gasteiger partial charge in [0.2, 0.25) is 0 Å². The molecule has 0 bridgehead atoms. The van der Waals surface area contributed by atoms with Crippen molar-refractivity contribution in [3.63, 3.8) is 0 Å². The fourth-order valence-corrected chi connectivity index (χ4v) is 4.03. The third kappa shape index (κ3) is 6.25. The molecule has 0 aliphatic rings. The van der Waals surface area contributed by atoms with Crippen LogP contribution in [0.2, 0.25) is 0 Å². The van der Waals surface area contributed by atoms with Crippen LogP contribution < -0.4 is 0 Å². The third-order valence-corrected chi connectivity index (χ3v) is 7.62. The molecule has 0 spiro atoms. The molecule has 0 rings (SSSR count). The van der Waals surface area contributed by atoms with E-state index in [4.69, 9.17) is 0 Å². The molecule has 0 fully saturated rings. The average Bonchev–Trinajstić information content (AvgIpc) is 2.49. The van der Waals surface area contributed by atoms with E-state index in [1.54, 1.807) is 0 Å². The molecule has 0 nitrogen and oxygen atoms in total. The summed E-state index contributed by atoms with van der Waals surface area (Å²) >= 11 is 0. The Hall–Kier alpha value is 0. The van der Waals surface area contributed by atoms with Crippen molar-refractivity contribution in [2.45, 2.75) is 89.0 Å². The van der Waals surface area contributed by atoms with Gasteiger partial charge in [-0.3, -0.25) is 0 Å². The van der Waals surface area contributed by atoms with Crippen LogP contribution >= 0.6 is 0 Å². The Morgan fingerprint density at radius 3 is 1.18 bits per heavy atom. The third-order valence-electron chi connectivity index (χ3n) is 7.62. The van der Waals surface area contributed by atoms with Crippen molar-refractivity contribution in [1.82, 2.24) is 0 Å². The molecule has 8 unspecified atom stereocenters. The van der Waals surface area contributed by atoms with Gasteiger partial charge in [0.05, 0.1) is 0 Å². The van der Waals surface area contributed by atoms with Crippen molar-refractivity contribution in [2.75, 3.05) is 0 Å². The van der Waals surface area contributed by atoms with Gasteiger partial charge in [-0.05, 0) is 59.7 Å². The van der Waals surface area contributed by atoms with Gasteiger partial charge >= 0.3 is 0 Å². The Labute approximate surface area is 142 Å². The second-order valence-electron chi connectivity index (χ2n) is 9.12. The van der Waals surface area contributed by atoms with Gasteiger partial charge in [-0.1, -0.05) is 82.6 Å². The molecule has 8 atom stereocenters. The summed E-state index contributed by atoms with van der Waals surface area (Å²) in [6, 6.07) is 0. The summed E-state index contributed by atoms with van der Waals surface area (Å²) in [5, 5.41) is 0. The Kier molecular flexibility index (Phi) is 9.99. The van der Waals surface area contributed by atoms with Gasteiger partial charge in [0.15, 0.2) is 0 Å². The summed E-state index contributed by atoms with van der Waals surface area (Å²) < 4.78 is 0. The number of hydrogen-bond donors (Lipinski definition) is 0. The summed E-state index contributed by atoms with van der Waals surface area (Å²) in [4.78, 5) is 0. The zero-order valence-corrected chi connectivity index (χ0v) is 17.6. The first-order valence-electron chi connectivity index (χ1n) is 10.0. The molecule has 0 saturated heterocycles. The number of rotatable bonds is 10.